The lowest BCUT2D eigenvalue weighted by Crippen LogP contribution is -2.00. The van der Waals surface area contributed by atoms with Crippen molar-refractivity contribution >= 4 is 5.78 Å². The molecule has 0 atom stereocenters. The van der Waals surface area contributed by atoms with Crippen LogP contribution in [-0.4, -0.2) is 17.5 Å². The maximum atomic E-state index is 11.0. The van der Waals surface area contributed by atoms with Gasteiger partial charge in [0.15, 0.2) is 17.3 Å². The summed E-state index contributed by atoms with van der Waals surface area (Å²) in [5.41, 5.74) is 0.506. The van der Waals surface area contributed by atoms with Crippen LogP contribution >= 0.6 is 0 Å². The van der Waals surface area contributed by atoms with Crippen LogP contribution in [0.3, 0.4) is 0 Å². The molecular weight excluding hydrogens is 192 g/mol. The fourth-order valence-electron chi connectivity index (χ4n) is 1.35. The van der Waals surface area contributed by atoms with E-state index in [0.29, 0.717) is 23.8 Å². The molecule has 0 heterocycles. The number of ether oxygens (including phenoxy) is 1. The number of rotatable bonds is 4. The van der Waals surface area contributed by atoms with Crippen LogP contribution in [0.5, 0.6) is 11.5 Å². The molecule has 1 aromatic carbocycles. The summed E-state index contributed by atoms with van der Waals surface area (Å²) in [7, 11) is 0. The largest absolute Gasteiger partial charge is 0.504 e. The third kappa shape index (κ3) is 2.49. The summed E-state index contributed by atoms with van der Waals surface area (Å²) in [4.78, 5) is 11.0. The molecule has 1 N–H and O–H groups in total. The number of aromatic hydroxyl groups is 1. The zero-order valence-electron chi connectivity index (χ0n) is 8.69. The van der Waals surface area contributed by atoms with Gasteiger partial charge in [-0.3, -0.25) is 4.79 Å². The zero-order chi connectivity index (χ0) is 10.8. The van der Waals surface area contributed by atoms with Crippen LogP contribution in [0, 0.1) is 5.92 Å². The number of Topliss-reactive ketones (excluding diaryl/α,β-unsaturated/α-hetero) is 1. The summed E-state index contributed by atoms with van der Waals surface area (Å²) < 4.78 is 5.43. The van der Waals surface area contributed by atoms with Gasteiger partial charge in [0.2, 0.25) is 0 Å². The Morgan fingerprint density at radius 3 is 2.80 bits per heavy atom. The highest BCUT2D eigenvalue weighted by atomic mass is 16.5. The lowest BCUT2D eigenvalue weighted by atomic mass is 10.1. The van der Waals surface area contributed by atoms with Crippen molar-refractivity contribution in [1.29, 1.82) is 0 Å². The first kappa shape index (κ1) is 10.0. The van der Waals surface area contributed by atoms with Crippen molar-refractivity contribution in [3.05, 3.63) is 23.8 Å². The van der Waals surface area contributed by atoms with Crippen LogP contribution in [-0.2, 0) is 0 Å². The average molecular weight is 206 g/mol. The van der Waals surface area contributed by atoms with E-state index in [4.69, 9.17) is 4.74 Å². The summed E-state index contributed by atoms with van der Waals surface area (Å²) in [5, 5.41) is 9.60. The van der Waals surface area contributed by atoms with Crippen molar-refractivity contribution in [3.8, 4) is 11.5 Å². The molecule has 3 heteroatoms. The van der Waals surface area contributed by atoms with Gasteiger partial charge in [0.05, 0.1) is 6.61 Å². The van der Waals surface area contributed by atoms with Crippen molar-refractivity contribution < 1.29 is 14.6 Å². The fraction of sp³-hybridized carbons (Fsp3) is 0.417. The normalized spacial score (nSPS) is 15.0. The molecule has 0 aliphatic heterocycles. The highest BCUT2D eigenvalue weighted by molar-refractivity contribution is 5.94. The van der Waals surface area contributed by atoms with E-state index in [1.807, 2.05) is 0 Å². The number of carbonyl (C=O) groups is 1. The predicted molar refractivity (Wildman–Crippen MR) is 56.3 cm³/mol. The van der Waals surface area contributed by atoms with E-state index in [1.54, 1.807) is 12.1 Å². The minimum absolute atomic E-state index is 0.0448. The van der Waals surface area contributed by atoms with Gasteiger partial charge < -0.3 is 9.84 Å². The van der Waals surface area contributed by atoms with E-state index >= 15 is 0 Å². The molecule has 0 aromatic heterocycles. The number of ketones is 1. The van der Waals surface area contributed by atoms with Crippen molar-refractivity contribution in [2.24, 2.45) is 5.92 Å². The van der Waals surface area contributed by atoms with E-state index in [0.717, 1.165) is 0 Å². The Morgan fingerprint density at radius 1 is 1.53 bits per heavy atom. The first-order valence-corrected chi connectivity index (χ1v) is 5.13. The van der Waals surface area contributed by atoms with Gasteiger partial charge in [-0.1, -0.05) is 0 Å². The van der Waals surface area contributed by atoms with Crippen molar-refractivity contribution in [2.75, 3.05) is 6.61 Å². The quantitative estimate of drug-likeness (QED) is 0.769. The topological polar surface area (TPSA) is 46.5 Å². The Labute approximate surface area is 88.7 Å². The first-order valence-electron chi connectivity index (χ1n) is 5.13. The molecule has 1 aromatic rings. The van der Waals surface area contributed by atoms with Gasteiger partial charge in [-0.15, -0.1) is 0 Å². The molecule has 2 rings (SSSR count). The zero-order valence-corrected chi connectivity index (χ0v) is 8.69. The van der Waals surface area contributed by atoms with Crippen LogP contribution in [0.2, 0.25) is 0 Å². The van der Waals surface area contributed by atoms with Crippen LogP contribution in [0.25, 0.3) is 0 Å². The van der Waals surface area contributed by atoms with Crippen LogP contribution in [0.4, 0.5) is 0 Å². The van der Waals surface area contributed by atoms with Crippen molar-refractivity contribution in [2.45, 2.75) is 19.8 Å². The van der Waals surface area contributed by atoms with Gasteiger partial charge in [0.25, 0.3) is 0 Å². The first-order chi connectivity index (χ1) is 7.16. The second-order valence-electron chi connectivity index (χ2n) is 3.99. The molecule has 0 amide bonds. The second kappa shape index (κ2) is 3.93. The molecule has 0 unspecified atom stereocenters. The van der Waals surface area contributed by atoms with Crippen LogP contribution in [0.1, 0.15) is 30.1 Å². The summed E-state index contributed by atoms with van der Waals surface area (Å²) >= 11 is 0. The van der Waals surface area contributed by atoms with Gasteiger partial charge in [-0.25, -0.2) is 0 Å². The molecular formula is C12H14O3. The lowest BCUT2D eigenvalue weighted by molar-refractivity contribution is 0.101. The van der Waals surface area contributed by atoms with E-state index in [2.05, 4.69) is 0 Å². The number of hydrogen-bond acceptors (Lipinski definition) is 3. The summed E-state index contributed by atoms with van der Waals surface area (Å²) in [6.45, 7) is 2.13. The van der Waals surface area contributed by atoms with E-state index in [-0.39, 0.29) is 11.5 Å². The van der Waals surface area contributed by atoms with Gasteiger partial charge in [0.1, 0.15) is 0 Å². The number of phenols is 1. The minimum Gasteiger partial charge on any atom is -0.504 e. The third-order valence-corrected chi connectivity index (χ3v) is 2.54. The molecule has 1 aliphatic rings. The maximum Gasteiger partial charge on any atom is 0.160 e. The highest BCUT2D eigenvalue weighted by Crippen LogP contribution is 2.32. The Morgan fingerprint density at radius 2 is 2.27 bits per heavy atom. The summed E-state index contributed by atoms with van der Waals surface area (Å²) in [5.74, 6) is 1.10. The van der Waals surface area contributed by atoms with Gasteiger partial charge in [-0.2, -0.15) is 0 Å². The Balaban J connectivity index is 2.07. The number of benzene rings is 1. The molecule has 0 radical (unpaired) electrons. The second-order valence-corrected chi connectivity index (χ2v) is 3.99. The van der Waals surface area contributed by atoms with Crippen LogP contribution in [0.15, 0.2) is 18.2 Å². The number of carbonyl (C=O) groups excluding carboxylic acids is 1. The maximum absolute atomic E-state index is 11.0. The summed E-state index contributed by atoms with van der Waals surface area (Å²) in [6.07, 6.45) is 2.43. The SMILES string of the molecule is CC(=O)c1ccc(OCC2CC2)c(O)c1. The fourth-order valence-corrected chi connectivity index (χ4v) is 1.35. The Kier molecular flexibility index (Phi) is 2.62. The van der Waals surface area contributed by atoms with Crippen molar-refractivity contribution in [3.63, 3.8) is 0 Å². The molecule has 1 saturated carbocycles. The van der Waals surface area contributed by atoms with E-state index < -0.39 is 0 Å². The third-order valence-electron chi connectivity index (χ3n) is 2.54. The standard InChI is InChI=1S/C12H14O3/c1-8(13)10-4-5-12(11(14)6-10)15-7-9-2-3-9/h4-6,9,14H,2-3,7H2,1H3. The van der Waals surface area contributed by atoms with Gasteiger partial charge >= 0.3 is 0 Å². The Bertz CT molecular complexity index is 380. The molecule has 0 bridgehead atoms. The predicted octanol–water partition coefficient (Wildman–Crippen LogP) is 2.38. The minimum atomic E-state index is -0.0564. The molecule has 15 heavy (non-hydrogen) atoms. The van der Waals surface area contributed by atoms with E-state index in [1.165, 1.54) is 25.8 Å². The summed E-state index contributed by atoms with van der Waals surface area (Å²) in [6, 6.07) is 4.77. The number of hydrogen-bond donors (Lipinski definition) is 1. The number of phenolic OH excluding ortho intramolecular Hbond substituents is 1. The monoisotopic (exact) mass is 206 g/mol. The smallest absolute Gasteiger partial charge is 0.160 e. The van der Waals surface area contributed by atoms with Gasteiger partial charge in [0, 0.05) is 5.56 Å². The Hall–Kier alpha value is -1.51. The van der Waals surface area contributed by atoms with Crippen LogP contribution < -0.4 is 4.74 Å². The molecule has 1 fully saturated rings. The molecule has 1 aliphatic carbocycles. The molecule has 0 saturated heterocycles. The van der Waals surface area contributed by atoms with E-state index in [9.17, 15) is 9.90 Å². The lowest BCUT2D eigenvalue weighted by Gasteiger charge is -2.07. The average Bonchev–Trinajstić information content (AvgIpc) is 2.99. The highest BCUT2D eigenvalue weighted by Gasteiger charge is 2.22. The molecule has 0 spiro atoms. The van der Waals surface area contributed by atoms with Gasteiger partial charge in [-0.05, 0) is 43.9 Å². The molecule has 3 nitrogen and oxygen atoms in total. The van der Waals surface area contributed by atoms with Crippen molar-refractivity contribution in [1.82, 2.24) is 0 Å². The molecule has 80 valence electrons.